The number of benzene rings is 1. The Kier molecular flexibility index (Phi) is 4.47. The third-order valence-electron chi connectivity index (χ3n) is 2.69. The van der Waals surface area contributed by atoms with E-state index in [2.05, 4.69) is 51.1 Å². The molecule has 0 nitrogen and oxygen atoms in total. The summed E-state index contributed by atoms with van der Waals surface area (Å²) in [7, 11) is 0. The summed E-state index contributed by atoms with van der Waals surface area (Å²) in [4.78, 5) is 0. The predicted octanol–water partition coefficient (Wildman–Crippen LogP) is 4.44. The zero-order valence-electron chi connectivity index (χ0n) is 9.20. The summed E-state index contributed by atoms with van der Waals surface area (Å²) in [5.41, 5.74) is 1.36. The first-order valence-corrected chi connectivity index (χ1v) is 5.79. The maximum absolute atomic E-state index is 6.42. The monoisotopic (exact) mass is 210 g/mol. The van der Waals surface area contributed by atoms with Gasteiger partial charge in [0.15, 0.2) is 0 Å². The van der Waals surface area contributed by atoms with Gasteiger partial charge in [0.2, 0.25) is 0 Å². The van der Waals surface area contributed by atoms with Crippen molar-refractivity contribution in [3.05, 3.63) is 35.9 Å². The Labute approximate surface area is 92.3 Å². The van der Waals surface area contributed by atoms with Gasteiger partial charge in [-0.25, -0.2) is 0 Å². The molecule has 0 aliphatic rings. The molecule has 0 fully saturated rings. The van der Waals surface area contributed by atoms with Gasteiger partial charge < -0.3 is 0 Å². The standard InChI is InChI=1S/C13H19Cl/c1-4-12(13(14)10(2)3)11-8-6-5-7-9-11/h5-10,12-13H,4H2,1-3H3. The van der Waals surface area contributed by atoms with E-state index in [1.54, 1.807) is 0 Å². The van der Waals surface area contributed by atoms with E-state index in [4.69, 9.17) is 11.6 Å². The third kappa shape index (κ3) is 2.75. The predicted molar refractivity (Wildman–Crippen MR) is 64.0 cm³/mol. The minimum Gasteiger partial charge on any atom is -0.122 e. The topological polar surface area (TPSA) is 0 Å². The molecule has 0 heterocycles. The molecule has 0 N–H and O–H groups in total. The van der Waals surface area contributed by atoms with Crippen LogP contribution >= 0.6 is 11.6 Å². The van der Waals surface area contributed by atoms with Gasteiger partial charge in [-0.3, -0.25) is 0 Å². The van der Waals surface area contributed by atoms with Crippen LogP contribution in [0.3, 0.4) is 0 Å². The lowest BCUT2D eigenvalue weighted by Gasteiger charge is -2.24. The summed E-state index contributed by atoms with van der Waals surface area (Å²) in [6, 6.07) is 10.6. The van der Waals surface area contributed by atoms with Crippen LogP contribution in [-0.4, -0.2) is 5.38 Å². The fourth-order valence-electron chi connectivity index (χ4n) is 1.81. The van der Waals surface area contributed by atoms with E-state index >= 15 is 0 Å². The van der Waals surface area contributed by atoms with Crippen LogP contribution in [0.5, 0.6) is 0 Å². The summed E-state index contributed by atoms with van der Waals surface area (Å²) >= 11 is 6.42. The SMILES string of the molecule is CCC(c1ccccc1)C(Cl)C(C)C. The van der Waals surface area contributed by atoms with E-state index in [0.29, 0.717) is 11.8 Å². The second-order valence-electron chi connectivity index (χ2n) is 4.11. The minimum absolute atomic E-state index is 0.238. The summed E-state index contributed by atoms with van der Waals surface area (Å²) in [5.74, 6) is 1.01. The lowest BCUT2D eigenvalue weighted by Crippen LogP contribution is -2.18. The molecule has 14 heavy (non-hydrogen) atoms. The molecule has 1 aromatic rings. The molecule has 0 saturated carbocycles. The second-order valence-corrected chi connectivity index (χ2v) is 4.62. The Morgan fingerprint density at radius 3 is 2.14 bits per heavy atom. The van der Waals surface area contributed by atoms with Crippen LogP contribution < -0.4 is 0 Å². The molecule has 0 aliphatic carbocycles. The van der Waals surface area contributed by atoms with Crippen LogP contribution in [0.25, 0.3) is 0 Å². The molecule has 0 aromatic heterocycles. The Morgan fingerprint density at radius 2 is 1.71 bits per heavy atom. The van der Waals surface area contributed by atoms with Crippen molar-refractivity contribution in [3.8, 4) is 0 Å². The van der Waals surface area contributed by atoms with Gasteiger partial charge >= 0.3 is 0 Å². The van der Waals surface area contributed by atoms with Crippen LogP contribution in [0.15, 0.2) is 30.3 Å². The van der Waals surface area contributed by atoms with E-state index in [-0.39, 0.29) is 5.38 Å². The molecular weight excluding hydrogens is 192 g/mol. The molecule has 2 atom stereocenters. The maximum atomic E-state index is 6.42. The Bertz CT molecular complexity index is 253. The molecule has 0 bridgehead atoms. The number of hydrogen-bond acceptors (Lipinski definition) is 0. The van der Waals surface area contributed by atoms with Gasteiger partial charge in [-0.2, -0.15) is 0 Å². The highest BCUT2D eigenvalue weighted by Gasteiger charge is 2.21. The highest BCUT2D eigenvalue weighted by Crippen LogP contribution is 2.31. The smallest absolute Gasteiger partial charge is 0.0427 e. The fourth-order valence-corrected chi connectivity index (χ4v) is 2.13. The normalized spacial score (nSPS) is 15.5. The lowest BCUT2D eigenvalue weighted by molar-refractivity contribution is 0.499. The fraction of sp³-hybridized carbons (Fsp3) is 0.538. The van der Waals surface area contributed by atoms with Gasteiger partial charge in [0.25, 0.3) is 0 Å². The molecule has 1 aromatic carbocycles. The van der Waals surface area contributed by atoms with Crippen molar-refractivity contribution in [3.63, 3.8) is 0 Å². The molecule has 0 aliphatic heterocycles. The second kappa shape index (κ2) is 5.41. The molecule has 0 saturated heterocycles. The van der Waals surface area contributed by atoms with Crippen molar-refractivity contribution in [2.45, 2.75) is 38.5 Å². The first-order valence-electron chi connectivity index (χ1n) is 5.35. The highest BCUT2D eigenvalue weighted by molar-refractivity contribution is 6.21. The number of hydrogen-bond donors (Lipinski definition) is 0. The van der Waals surface area contributed by atoms with Gasteiger partial charge in [-0.1, -0.05) is 51.1 Å². The largest absolute Gasteiger partial charge is 0.122 e. The summed E-state index contributed by atoms with van der Waals surface area (Å²) in [5, 5.41) is 0.238. The third-order valence-corrected chi connectivity index (χ3v) is 3.50. The zero-order chi connectivity index (χ0) is 10.6. The molecule has 1 heteroatoms. The summed E-state index contributed by atoms with van der Waals surface area (Å²) in [6.45, 7) is 6.57. The van der Waals surface area contributed by atoms with Crippen LogP contribution in [0.1, 0.15) is 38.7 Å². The van der Waals surface area contributed by atoms with Crippen LogP contribution in [0.4, 0.5) is 0 Å². The van der Waals surface area contributed by atoms with Crippen molar-refractivity contribution in [2.24, 2.45) is 5.92 Å². The molecule has 78 valence electrons. The average molecular weight is 211 g/mol. The van der Waals surface area contributed by atoms with Crippen LogP contribution in [-0.2, 0) is 0 Å². The number of rotatable bonds is 4. The number of halogens is 1. The van der Waals surface area contributed by atoms with Gasteiger partial charge in [-0.15, -0.1) is 11.6 Å². The molecule has 1 rings (SSSR count). The van der Waals surface area contributed by atoms with E-state index in [9.17, 15) is 0 Å². The summed E-state index contributed by atoms with van der Waals surface area (Å²) in [6.07, 6.45) is 1.11. The summed E-state index contributed by atoms with van der Waals surface area (Å²) < 4.78 is 0. The van der Waals surface area contributed by atoms with E-state index in [1.807, 2.05) is 0 Å². The van der Waals surface area contributed by atoms with Crippen LogP contribution in [0.2, 0.25) is 0 Å². The van der Waals surface area contributed by atoms with E-state index in [1.165, 1.54) is 5.56 Å². The van der Waals surface area contributed by atoms with Gasteiger partial charge in [-0.05, 0) is 17.9 Å². The van der Waals surface area contributed by atoms with Crippen molar-refractivity contribution in [1.29, 1.82) is 0 Å². The van der Waals surface area contributed by atoms with E-state index < -0.39 is 0 Å². The van der Waals surface area contributed by atoms with Crippen LogP contribution in [0, 0.1) is 5.92 Å². The number of alkyl halides is 1. The van der Waals surface area contributed by atoms with Crippen molar-refractivity contribution < 1.29 is 0 Å². The lowest BCUT2D eigenvalue weighted by atomic mass is 9.88. The van der Waals surface area contributed by atoms with Crippen molar-refractivity contribution >= 4 is 11.6 Å². The average Bonchev–Trinajstić information content (AvgIpc) is 2.20. The van der Waals surface area contributed by atoms with Gasteiger partial charge in [0.05, 0.1) is 0 Å². The Balaban J connectivity index is 2.82. The molecule has 0 spiro atoms. The molecular formula is C13H19Cl. The van der Waals surface area contributed by atoms with Crippen molar-refractivity contribution in [1.82, 2.24) is 0 Å². The molecule has 0 amide bonds. The first-order chi connectivity index (χ1) is 6.66. The maximum Gasteiger partial charge on any atom is 0.0427 e. The van der Waals surface area contributed by atoms with E-state index in [0.717, 1.165) is 6.42 Å². The van der Waals surface area contributed by atoms with Gasteiger partial charge in [0.1, 0.15) is 0 Å². The zero-order valence-corrected chi connectivity index (χ0v) is 9.96. The quantitative estimate of drug-likeness (QED) is 0.645. The molecule has 2 unspecified atom stereocenters. The Hall–Kier alpha value is -0.490. The minimum atomic E-state index is 0.238. The highest BCUT2D eigenvalue weighted by atomic mass is 35.5. The Morgan fingerprint density at radius 1 is 1.14 bits per heavy atom. The van der Waals surface area contributed by atoms with Crippen molar-refractivity contribution in [2.75, 3.05) is 0 Å². The first kappa shape index (κ1) is 11.6. The van der Waals surface area contributed by atoms with Gasteiger partial charge in [0, 0.05) is 11.3 Å². The molecule has 0 radical (unpaired) electrons.